The van der Waals surface area contributed by atoms with Crippen molar-refractivity contribution < 1.29 is 24.2 Å². The Morgan fingerprint density at radius 2 is 1.79 bits per heavy atom. The molecular formula is C18H25NO5. The lowest BCUT2D eigenvalue weighted by Crippen LogP contribution is -2.47. The SMILES string of the molecule is COCCC1(C)C(O)=C(c2c(C)cccc2C)C(=O)N1OCOC. The number of aryl methyl sites for hydroxylation is 2. The lowest BCUT2D eigenvalue weighted by molar-refractivity contribution is -0.243. The zero-order valence-electron chi connectivity index (χ0n) is 14.9. The summed E-state index contributed by atoms with van der Waals surface area (Å²) in [7, 11) is 3.06. The molecule has 0 saturated carbocycles. The molecule has 2 rings (SSSR count). The van der Waals surface area contributed by atoms with Gasteiger partial charge in [-0.1, -0.05) is 18.2 Å². The summed E-state index contributed by atoms with van der Waals surface area (Å²) in [6.07, 6.45) is 0.402. The van der Waals surface area contributed by atoms with Crippen molar-refractivity contribution in [3.05, 3.63) is 40.6 Å². The van der Waals surface area contributed by atoms with E-state index in [-0.39, 0.29) is 24.0 Å². The van der Waals surface area contributed by atoms with Crippen molar-refractivity contribution in [2.75, 3.05) is 27.6 Å². The molecule has 1 unspecified atom stereocenters. The average Bonchev–Trinajstić information content (AvgIpc) is 2.72. The minimum atomic E-state index is -1.00. The van der Waals surface area contributed by atoms with Crippen LogP contribution in [0.5, 0.6) is 0 Å². The van der Waals surface area contributed by atoms with E-state index in [0.29, 0.717) is 13.0 Å². The smallest absolute Gasteiger partial charge is 0.282 e. The van der Waals surface area contributed by atoms with Crippen LogP contribution >= 0.6 is 0 Å². The van der Waals surface area contributed by atoms with Gasteiger partial charge in [0.15, 0.2) is 6.79 Å². The topological polar surface area (TPSA) is 68.2 Å². The maximum absolute atomic E-state index is 13.0. The van der Waals surface area contributed by atoms with Crippen LogP contribution in [0.25, 0.3) is 5.57 Å². The molecule has 6 heteroatoms. The maximum Gasteiger partial charge on any atom is 0.282 e. The van der Waals surface area contributed by atoms with Crippen LogP contribution in [0.4, 0.5) is 0 Å². The predicted molar refractivity (Wildman–Crippen MR) is 90.2 cm³/mol. The van der Waals surface area contributed by atoms with Crippen molar-refractivity contribution in [2.24, 2.45) is 0 Å². The minimum Gasteiger partial charge on any atom is -0.509 e. The molecule has 0 aliphatic carbocycles. The molecule has 0 spiro atoms. The number of hydroxylamine groups is 2. The molecule has 0 radical (unpaired) electrons. The average molecular weight is 335 g/mol. The number of amides is 1. The van der Waals surface area contributed by atoms with E-state index in [1.807, 2.05) is 32.0 Å². The van der Waals surface area contributed by atoms with Crippen LogP contribution in [0.1, 0.15) is 30.0 Å². The highest BCUT2D eigenvalue weighted by molar-refractivity contribution is 6.23. The first kappa shape index (κ1) is 18.4. The Kier molecular flexibility index (Phi) is 5.64. The van der Waals surface area contributed by atoms with Gasteiger partial charge >= 0.3 is 0 Å². The Bertz CT molecular complexity index is 635. The van der Waals surface area contributed by atoms with Crippen LogP contribution in [0, 0.1) is 13.8 Å². The number of carbonyl (C=O) groups excluding carboxylic acids is 1. The van der Waals surface area contributed by atoms with E-state index in [2.05, 4.69) is 0 Å². The molecule has 1 atom stereocenters. The second-order valence-electron chi connectivity index (χ2n) is 6.14. The molecule has 0 bridgehead atoms. The zero-order valence-corrected chi connectivity index (χ0v) is 14.9. The highest BCUT2D eigenvalue weighted by atomic mass is 16.8. The van der Waals surface area contributed by atoms with Gasteiger partial charge in [-0.05, 0) is 37.5 Å². The standard InChI is InChI=1S/C18H25NO5/c1-12-7-6-8-13(2)14(12)15-16(20)18(3,9-10-22-4)19(17(15)21)24-11-23-5/h6-8,20H,9-11H2,1-5H3. The number of aliphatic hydroxyl groups is 1. The molecule has 1 aromatic rings. The third-order valence-electron chi connectivity index (χ3n) is 4.42. The summed E-state index contributed by atoms with van der Waals surface area (Å²) < 4.78 is 10.1. The van der Waals surface area contributed by atoms with Crippen LogP contribution < -0.4 is 0 Å². The lowest BCUT2D eigenvalue weighted by atomic mass is 9.91. The molecule has 0 saturated heterocycles. The van der Waals surface area contributed by atoms with Crippen LogP contribution in [0.2, 0.25) is 0 Å². The molecule has 0 aromatic heterocycles. The molecule has 1 aliphatic heterocycles. The predicted octanol–water partition coefficient (Wildman–Crippen LogP) is 2.75. The normalized spacial score (nSPS) is 21.0. The van der Waals surface area contributed by atoms with Crippen molar-refractivity contribution in [1.82, 2.24) is 5.06 Å². The van der Waals surface area contributed by atoms with Gasteiger partial charge in [-0.2, -0.15) is 0 Å². The molecule has 1 aromatic carbocycles. The van der Waals surface area contributed by atoms with Gasteiger partial charge in [0.25, 0.3) is 5.91 Å². The van der Waals surface area contributed by atoms with E-state index in [1.165, 1.54) is 12.2 Å². The Morgan fingerprint density at radius 1 is 1.17 bits per heavy atom. The number of hydrogen-bond acceptors (Lipinski definition) is 5. The third kappa shape index (κ3) is 3.05. The largest absolute Gasteiger partial charge is 0.509 e. The summed E-state index contributed by atoms with van der Waals surface area (Å²) in [4.78, 5) is 18.5. The Labute approximate surface area is 142 Å². The van der Waals surface area contributed by atoms with E-state index in [1.54, 1.807) is 14.0 Å². The quantitative estimate of drug-likeness (QED) is 0.776. The van der Waals surface area contributed by atoms with Crippen LogP contribution in [-0.2, 0) is 19.1 Å². The molecular weight excluding hydrogens is 310 g/mol. The van der Waals surface area contributed by atoms with Crippen LogP contribution in [0.15, 0.2) is 24.0 Å². The Morgan fingerprint density at radius 3 is 2.33 bits per heavy atom. The monoisotopic (exact) mass is 335 g/mol. The van der Waals surface area contributed by atoms with Gasteiger partial charge in [0, 0.05) is 27.2 Å². The van der Waals surface area contributed by atoms with E-state index < -0.39 is 5.54 Å². The fraction of sp³-hybridized carbons (Fsp3) is 0.500. The fourth-order valence-corrected chi connectivity index (χ4v) is 3.05. The number of rotatable bonds is 7. The summed E-state index contributed by atoms with van der Waals surface area (Å²) in [6.45, 7) is 5.89. The third-order valence-corrected chi connectivity index (χ3v) is 4.42. The molecule has 1 aliphatic rings. The highest BCUT2D eigenvalue weighted by Crippen LogP contribution is 2.42. The summed E-state index contributed by atoms with van der Waals surface area (Å²) in [5.74, 6) is -0.376. The highest BCUT2D eigenvalue weighted by Gasteiger charge is 2.51. The summed E-state index contributed by atoms with van der Waals surface area (Å²) in [6, 6.07) is 5.76. The summed E-state index contributed by atoms with van der Waals surface area (Å²) in [5.41, 5.74) is 1.86. The van der Waals surface area contributed by atoms with Gasteiger partial charge in [0.1, 0.15) is 11.3 Å². The Balaban J connectivity index is 2.55. The van der Waals surface area contributed by atoms with E-state index >= 15 is 0 Å². The molecule has 6 nitrogen and oxygen atoms in total. The number of nitrogens with zero attached hydrogens (tertiary/aromatic N) is 1. The van der Waals surface area contributed by atoms with Gasteiger partial charge < -0.3 is 14.6 Å². The summed E-state index contributed by atoms with van der Waals surface area (Å²) in [5, 5.41) is 12.1. The number of methoxy groups -OCH3 is 2. The van der Waals surface area contributed by atoms with Crippen molar-refractivity contribution >= 4 is 11.5 Å². The first-order chi connectivity index (χ1) is 11.4. The molecule has 0 fully saturated rings. The molecule has 132 valence electrons. The fourth-order valence-electron chi connectivity index (χ4n) is 3.05. The maximum atomic E-state index is 13.0. The number of carbonyl (C=O) groups is 1. The van der Waals surface area contributed by atoms with Crippen LogP contribution in [0.3, 0.4) is 0 Å². The number of hydrogen-bond donors (Lipinski definition) is 1. The first-order valence-electron chi connectivity index (χ1n) is 7.84. The van der Waals surface area contributed by atoms with Gasteiger partial charge in [-0.15, -0.1) is 0 Å². The lowest BCUT2D eigenvalue weighted by Gasteiger charge is -2.33. The van der Waals surface area contributed by atoms with E-state index in [0.717, 1.165) is 16.7 Å². The molecule has 1 heterocycles. The van der Waals surface area contributed by atoms with Gasteiger partial charge in [0.2, 0.25) is 0 Å². The van der Waals surface area contributed by atoms with E-state index in [9.17, 15) is 9.90 Å². The van der Waals surface area contributed by atoms with E-state index in [4.69, 9.17) is 14.3 Å². The van der Waals surface area contributed by atoms with Gasteiger partial charge in [-0.25, -0.2) is 9.90 Å². The van der Waals surface area contributed by atoms with Gasteiger partial charge in [-0.3, -0.25) is 4.79 Å². The molecule has 24 heavy (non-hydrogen) atoms. The van der Waals surface area contributed by atoms with Crippen molar-refractivity contribution in [3.63, 3.8) is 0 Å². The zero-order chi connectivity index (χ0) is 17.9. The second kappa shape index (κ2) is 7.34. The van der Waals surface area contributed by atoms with Crippen molar-refractivity contribution in [3.8, 4) is 0 Å². The number of ether oxygens (including phenoxy) is 2. The van der Waals surface area contributed by atoms with Gasteiger partial charge in [0.05, 0.1) is 5.57 Å². The number of benzene rings is 1. The Hall–Kier alpha value is -1.89. The van der Waals surface area contributed by atoms with Crippen molar-refractivity contribution in [2.45, 2.75) is 32.7 Å². The number of aliphatic hydroxyl groups excluding tert-OH is 1. The minimum absolute atomic E-state index is 0.00180. The van der Waals surface area contributed by atoms with Crippen molar-refractivity contribution in [1.29, 1.82) is 0 Å². The molecule has 1 amide bonds. The molecule has 1 N–H and O–H groups in total. The summed E-state index contributed by atoms with van der Waals surface area (Å²) >= 11 is 0. The second-order valence-corrected chi connectivity index (χ2v) is 6.14. The first-order valence-corrected chi connectivity index (χ1v) is 7.84. The van der Waals surface area contributed by atoms with Crippen LogP contribution in [-0.4, -0.2) is 49.2 Å².